The number of carbonyl (C=O) groups excluding carboxylic acids is 7. The van der Waals surface area contributed by atoms with Gasteiger partial charge in [0.25, 0.3) is 5.69 Å². The van der Waals surface area contributed by atoms with Crippen molar-refractivity contribution in [1.82, 2.24) is 16.0 Å². The van der Waals surface area contributed by atoms with Gasteiger partial charge in [-0.05, 0) is 61.4 Å². The number of methoxy groups -OCH3 is 1. The number of urea groups is 1. The van der Waals surface area contributed by atoms with Crippen LogP contribution in [0, 0.1) is 22.0 Å². The Kier molecular flexibility index (Phi) is 19.6. The summed E-state index contributed by atoms with van der Waals surface area (Å²) in [6.45, 7) is 3.94. The average Bonchev–Trinajstić information content (AvgIpc) is 3.14. The number of nitrogens with zero attached hydrogens (tertiary/aromatic N) is 1. The Hall–Kier alpha value is -6.33. The number of hydrogen-bond donors (Lipinski definition) is 5. The van der Waals surface area contributed by atoms with E-state index in [4.69, 9.17) is 15.2 Å². The largest absolute Gasteiger partial charge is 0.514 e. The van der Waals surface area contributed by atoms with Crippen LogP contribution in [0.1, 0.15) is 64.4 Å². The number of amides is 5. The monoisotopic (exact) mass is 768 g/mol. The molecule has 2 aromatic carbocycles. The van der Waals surface area contributed by atoms with E-state index in [0.29, 0.717) is 43.5 Å². The zero-order valence-electron chi connectivity index (χ0n) is 31.0. The smallest absolute Gasteiger partial charge is 0.466 e. The summed E-state index contributed by atoms with van der Waals surface area (Å²) in [6, 6.07) is 9.71. The fourth-order valence-corrected chi connectivity index (χ4v) is 5.02. The maximum atomic E-state index is 13.5. The highest BCUT2D eigenvalue weighted by Gasteiger charge is 2.29. The van der Waals surface area contributed by atoms with E-state index in [9.17, 15) is 43.7 Å². The minimum atomic E-state index is -1.02. The molecule has 18 nitrogen and oxygen atoms in total. The molecule has 0 aromatic heterocycles. The fourth-order valence-electron chi connectivity index (χ4n) is 5.02. The van der Waals surface area contributed by atoms with E-state index in [0.717, 1.165) is 12.2 Å². The first-order valence-electron chi connectivity index (χ1n) is 17.6. The molecule has 0 fully saturated rings. The molecule has 0 saturated carbocycles. The number of nitrogens with two attached hydrogens (primary N) is 1. The van der Waals surface area contributed by atoms with E-state index in [2.05, 4.69) is 26.0 Å². The van der Waals surface area contributed by atoms with E-state index < -0.39 is 46.9 Å². The minimum absolute atomic E-state index is 0.0648. The number of ether oxygens (including phenoxy) is 3. The lowest BCUT2D eigenvalue weighted by molar-refractivity contribution is -0.384. The summed E-state index contributed by atoms with van der Waals surface area (Å²) in [7, 11) is 1.20. The number of nitro groups is 1. The van der Waals surface area contributed by atoms with E-state index in [1.807, 2.05) is 0 Å². The van der Waals surface area contributed by atoms with Crippen molar-refractivity contribution < 1.29 is 52.7 Å². The molecule has 0 aliphatic rings. The topological polar surface area (TPSA) is 264 Å². The summed E-state index contributed by atoms with van der Waals surface area (Å²) in [5.41, 5.74) is 5.96. The predicted molar refractivity (Wildman–Crippen MR) is 198 cm³/mol. The second-order valence-electron chi connectivity index (χ2n) is 12.6. The summed E-state index contributed by atoms with van der Waals surface area (Å²) in [5.74, 6) is -3.21. The minimum Gasteiger partial charge on any atom is -0.466 e. The molecule has 55 heavy (non-hydrogen) atoms. The van der Waals surface area contributed by atoms with Crippen molar-refractivity contribution in [3.63, 3.8) is 0 Å². The van der Waals surface area contributed by atoms with Gasteiger partial charge < -0.3 is 41.2 Å². The van der Waals surface area contributed by atoms with E-state index in [1.54, 1.807) is 38.1 Å². The highest BCUT2D eigenvalue weighted by Crippen LogP contribution is 2.21. The Labute approximate surface area is 318 Å². The first-order valence-corrected chi connectivity index (χ1v) is 17.6. The lowest BCUT2D eigenvalue weighted by atomic mass is 9.89. The summed E-state index contributed by atoms with van der Waals surface area (Å²) in [4.78, 5) is 95.9. The third-order valence-corrected chi connectivity index (χ3v) is 7.96. The number of carbonyl (C=O) groups is 7. The number of hydrogen-bond acceptors (Lipinski definition) is 12. The second kappa shape index (κ2) is 24.1. The number of rotatable bonds is 23. The van der Waals surface area contributed by atoms with Crippen molar-refractivity contribution in [2.24, 2.45) is 17.6 Å². The van der Waals surface area contributed by atoms with Crippen LogP contribution in [0.25, 0.3) is 0 Å². The number of benzene rings is 2. The Morgan fingerprint density at radius 1 is 0.873 bits per heavy atom. The third-order valence-electron chi connectivity index (χ3n) is 7.96. The van der Waals surface area contributed by atoms with Crippen molar-refractivity contribution in [3.8, 4) is 5.75 Å². The molecule has 2 rings (SSSR count). The molecule has 2 atom stereocenters. The SMILES string of the molecule is COC(=O)/C=C\C(=O)NCCCCCC(=O)N[C@H](C(=O)C[C@@H](CCCNC(N)=O)C(=O)Nc1ccc(COC(=O)Oc2ccc([N+](=O)[O-])cc2)cc1)C(C)C. The molecule has 0 heterocycles. The highest BCUT2D eigenvalue weighted by molar-refractivity contribution is 5.97. The highest BCUT2D eigenvalue weighted by atomic mass is 16.7. The molecule has 0 spiro atoms. The first-order chi connectivity index (χ1) is 26.2. The van der Waals surface area contributed by atoms with Crippen molar-refractivity contribution in [2.45, 2.75) is 71.4 Å². The summed E-state index contributed by atoms with van der Waals surface area (Å²) in [6.07, 6.45) is 3.34. The average molecular weight is 769 g/mol. The van der Waals surface area contributed by atoms with Crippen molar-refractivity contribution in [1.29, 1.82) is 0 Å². The second-order valence-corrected chi connectivity index (χ2v) is 12.6. The van der Waals surface area contributed by atoms with Gasteiger partial charge in [-0.3, -0.25) is 29.3 Å². The fraction of sp³-hybridized carbons (Fsp3) is 0.432. The van der Waals surface area contributed by atoms with Crippen LogP contribution in [0.4, 0.5) is 21.0 Å². The van der Waals surface area contributed by atoms with Gasteiger partial charge in [0.1, 0.15) is 12.4 Å². The van der Waals surface area contributed by atoms with Crippen molar-refractivity contribution in [2.75, 3.05) is 25.5 Å². The molecule has 0 radical (unpaired) electrons. The van der Waals surface area contributed by atoms with Gasteiger partial charge in [-0.15, -0.1) is 0 Å². The number of nitro benzene ring substituents is 1. The van der Waals surface area contributed by atoms with Crippen LogP contribution in [-0.2, 0) is 40.1 Å². The van der Waals surface area contributed by atoms with Crippen LogP contribution in [0.3, 0.4) is 0 Å². The molecule has 18 heteroatoms. The summed E-state index contributed by atoms with van der Waals surface area (Å²) in [5, 5.41) is 21.5. The Morgan fingerprint density at radius 2 is 1.55 bits per heavy atom. The molecule has 0 aliphatic carbocycles. The zero-order valence-corrected chi connectivity index (χ0v) is 31.0. The van der Waals surface area contributed by atoms with E-state index in [-0.39, 0.29) is 61.5 Å². The number of ketones is 1. The van der Waals surface area contributed by atoms with Crippen LogP contribution in [0.2, 0.25) is 0 Å². The molecule has 5 amide bonds. The lowest BCUT2D eigenvalue weighted by Gasteiger charge is -2.24. The quantitative estimate of drug-likeness (QED) is 0.0270. The molecule has 0 saturated heterocycles. The Balaban J connectivity index is 1.91. The normalized spacial score (nSPS) is 11.9. The van der Waals surface area contributed by atoms with Crippen LogP contribution >= 0.6 is 0 Å². The van der Waals surface area contributed by atoms with Crippen LogP contribution < -0.4 is 31.7 Å². The van der Waals surface area contributed by atoms with Crippen LogP contribution in [-0.4, -0.2) is 72.8 Å². The molecule has 6 N–H and O–H groups in total. The van der Waals surface area contributed by atoms with Gasteiger partial charge in [0.2, 0.25) is 17.7 Å². The van der Waals surface area contributed by atoms with Gasteiger partial charge in [0.15, 0.2) is 5.78 Å². The molecular formula is C37H48N6O12. The first kappa shape index (κ1) is 44.8. The van der Waals surface area contributed by atoms with Crippen molar-refractivity contribution in [3.05, 3.63) is 76.4 Å². The standard InChI is InChI=1S/C37H48N6O12/c1-24(2)34(42-32(46)9-5-4-6-20-39-31(45)18-19-33(47)53-3)30(44)22-26(8-7-21-40-36(38)49)35(48)41-27-12-10-25(11-13-27)23-54-37(50)55-29-16-14-28(15-17-29)43(51)52/h10-19,24,26,34H,4-9,20-23H2,1-3H3,(H,39,45)(H,41,48)(H,42,46)(H3,38,40,49)/b19-18-/t26-,34+/m1/s1. The molecule has 0 unspecified atom stereocenters. The van der Waals surface area contributed by atoms with Crippen LogP contribution in [0.15, 0.2) is 60.7 Å². The number of esters is 1. The molecule has 0 aliphatic heterocycles. The van der Waals surface area contributed by atoms with Crippen molar-refractivity contribution >= 4 is 53.0 Å². The maximum Gasteiger partial charge on any atom is 0.514 e. The van der Waals surface area contributed by atoms with Gasteiger partial charge >= 0.3 is 18.2 Å². The Morgan fingerprint density at radius 3 is 2.16 bits per heavy atom. The number of non-ortho nitro benzene ring substituents is 1. The van der Waals surface area contributed by atoms with Gasteiger partial charge in [-0.25, -0.2) is 14.4 Å². The van der Waals surface area contributed by atoms with Gasteiger partial charge in [-0.2, -0.15) is 0 Å². The number of unbranched alkanes of at least 4 members (excludes halogenated alkanes) is 2. The Bertz CT molecular complexity index is 1660. The predicted octanol–water partition coefficient (Wildman–Crippen LogP) is 3.82. The van der Waals surface area contributed by atoms with E-state index in [1.165, 1.54) is 31.4 Å². The molecule has 298 valence electrons. The maximum absolute atomic E-state index is 13.5. The summed E-state index contributed by atoms with van der Waals surface area (Å²) < 4.78 is 14.5. The van der Waals surface area contributed by atoms with Gasteiger partial charge in [-0.1, -0.05) is 32.4 Å². The van der Waals surface area contributed by atoms with Crippen LogP contribution in [0.5, 0.6) is 5.75 Å². The zero-order chi connectivity index (χ0) is 40.8. The van der Waals surface area contributed by atoms with Gasteiger partial charge in [0.05, 0.1) is 18.1 Å². The third kappa shape index (κ3) is 18.3. The lowest BCUT2D eigenvalue weighted by Crippen LogP contribution is -2.45. The number of Topliss-reactive ketones (excluding diaryl/α,β-unsaturated/α-hetero) is 1. The number of nitrogens with one attached hydrogen (secondary N) is 4. The summed E-state index contributed by atoms with van der Waals surface area (Å²) >= 11 is 0. The van der Waals surface area contributed by atoms with Gasteiger partial charge in [0, 0.05) is 61.8 Å². The number of primary amides is 1. The number of anilines is 1. The molecule has 0 bridgehead atoms. The molecule has 2 aromatic rings. The van der Waals surface area contributed by atoms with E-state index >= 15 is 0 Å². The molecular weight excluding hydrogens is 720 g/mol.